The molecular formula is C25H28N2O4S. The van der Waals surface area contributed by atoms with E-state index in [0.717, 1.165) is 26.6 Å². The number of ether oxygens (including phenoxy) is 1. The van der Waals surface area contributed by atoms with E-state index >= 15 is 0 Å². The molecule has 0 heterocycles. The van der Waals surface area contributed by atoms with E-state index in [9.17, 15) is 13.2 Å². The van der Waals surface area contributed by atoms with Gasteiger partial charge in [-0.1, -0.05) is 41.5 Å². The molecule has 6 nitrogen and oxygen atoms in total. The van der Waals surface area contributed by atoms with Gasteiger partial charge in [0.2, 0.25) is 5.91 Å². The lowest BCUT2D eigenvalue weighted by Crippen LogP contribution is -2.38. The molecule has 0 aliphatic rings. The van der Waals surface area contributed by atoms with Crippen LogP contribution in [-0.4, -0.2) is 28.0 Å². The summed E-state index contributed by atoms with van der Waals surface area (Å²) in [5, 5.41) is 2.80. The second-order valence-corrected chi connectivity index (χ2v) is 9.73. The Labute approximate surface area is 189 Å². The molecule has 3 aromatic rings. The number of rotatable bonds is 7. The van der Waals surface area contributed by atoms with Gasteiger partial charge in [-0.25, -0.2) is 8.42 Å². The summed E-state index contributed by atoms with van der Waals surface area (Å²) in [7, 11) is -2.46. The Hall–Kier alpha value is -3.32. The van der Waals surface area contributed by atoms with Crippen LogP contribution in [0.2, 0.25) is 0 Å². The highest BCUT2D eigenvalue weighted by atomic mass is 32.2. The molecule has 168 valence electrons. The normalized spacial score (nSPS) is 11.2. The van der Waals surface area contributed by atoms with Gasteiger partial charge in [-0.3, -0.25) is 9.10 Å². The van der Waals surface area contributed by atoms with Crippen molar-refractivity contribution >= 4 is 27.3 Å². The Bertz CT molecular complexity index is 1240. The zero-order valence-electron chi connectivity index (χ0n) is 19.0. The third-order valence-corrected chi connectivity index (χ3v) is 6.92. The summed E-state index contributed by atoms with van der Waals surface area (Å²) >= 11 is 0. The fourth-order valence-corrected chi connectivity index (χ4v) is 4.95. The molecular weight excluding hydrogens is 424 g/mol. The van der Waals surface area contributed by atoms with Crippen LogP contribution >= 0.6 is 0 Å². The lowest BCUT2D eigenvalue weighted by Gasteiger charge is -2.26. The summed E-state index contributed by atoms with van der Waals surface area (Å²) in [6.45, 7) is 7.19. The van der Waals surface area contributed by atoms with Crippen LogP contribution < -0.4 is 14.4 Å². The number of sulfonamides is 1. The van der Waals surface area contributed by atoms with E-state index in [1.54, 1.807) is 42.5 Å². The van der Waals surface area contributed by atoms with Gasteiger partial charge in [0.05, 0.1) is 23.4 Å². The Morgan fingerprint density at radius 3 is 2.09 bits per heavy atom. The van der Waals surface area contributed by atoms with E-state index in [1.165, 1.54) is 7.11 Å². The number of nitrogens with zero attached hydrogens (tertiary/aromatic N) is 1. The quantitative estimate of drug-likeness (QED) is 0.561. The van der Waals surface area contributed by atoms with Gasteiger partial charge >= 0.3 is 0 Å². The van der Waals surface area contributed by atoms with Gasteiger partial charge in [-0.05, 0) is 69.2 Å². The highest BCUT2D eigenvalue weighted by Gasteiger charge is 2.28. The van der Waals surface area contributed by atoms with Crippen molar-refractivity contribution in [2.24, 2.45) is 0 Å². The molecule has 3 rings (SSSR count). The second-order valence-electron chi connectivity index (χ2n) is 7.87. The number of hydrogen-bond acceptors (Lipinski definition) is 4. The van der Waals surface area contributed by atoms with E-state index < -0.39 is 15.9 Å². The molecule has 32 heavy (non-hydrogen) atoms. The van der Waals surface area contributed by atoms with Crippen LogP contribution in [0.15, 0.2) is 65.6 Å². The van der Waals surface area contributed by atoms with Crippen molar-refractivity contribution in [1.82, 2.24) is 0 Å². The first-order valence-electron chi connectivity index (χ1n) is 10.2. The summed E-state index contributed by atoms with van der Waals surface area (Å²) in [6.07, 6.45) is 0. The number of benzene rings is 3. The van der Waals surface area contributed by atoms with Crippen molar-refractivity contribution in [1.29, 1.82) is 0 Å². The van der Waals surface area contributed by atoms with Crippen LogP contribution in [0.4, 0.5) is 11.4 Å². The summed E-state index contributed by atoms with van der Waals surface area (Å²) in [4.78, 5) is 13.1. The van der Waals surface area contributed by atoms with Gasteiger partial charge in [-0.2, -0.15) is 0 Å². The van der Waals surface area contributed by atoms with E-state index in [0.29, 0.717) is 17.1 Å². The molecule has 0 saturated carbocycles. The first-order chi connectivity index (χ1) is 15.1. The summed E-state index contributed by atoms with van der Waals surface area (Å²) < 4.78 is 33.6. The summed E-state index contributed by atoms with van der Waals surface area (Å²) in [6, 6.07) is 17.5. The Morgan fingerprint density at radius 1 is 0.875 bits per heavy atom. The molecule has 0 fully saturated rings. The third-order valence-electron chi connectivity index (χ3n) is 5.15. The standard InChI is InChI=1S/C25H28N2O4S/c1-17-6-10-21(11-7-17)32(29,30)27(23-12-8-18(2)14-20(23)4)16-25(28)26-22-15-19(3)9-13-24(22)31-5/h6-15H,16H2,1-5H3,(H,26,28). The first-order valence-corrected chi connectivity index (χ1v) is 11.7. The minimum Gasteiger partial charge on any atom is -0.495 e. The first kappa shape index (κ1) is 23.3. The topological polar surface area (TPSA) is 75.7 Å². The lowest BCUT2D eigenvalue weighted by atomic mass is 10.1. The predicted molar refractivity (Wildman–Crippen MR) is 128 cm³/mol. The van der Waals surface area contributed by atoms with Crippen molar-refractivity contribution in [3.63, 3.8) is 0 Å². The van der Waals surface area contributed by atoms with Crippen LogP contribution in [0.3, 0.4) is 0 Å². The number of methoxy groups -OCH3 is 1. The number of amides is 1. The van der Waals surface area contributed by atoms with Gasteiger partial charge < -0.3 is 10.1 Å². The van der Waals surface area contributed by atoms with Crippen molar-refractivity contribution in [3.05, 3.63) is 82.9 Å². The number of nitrogens with one attached hydrogen (secondary N) is 1. The van der Waals surface area contributed by atoms with Crippen molar-refractivity contribution in [2.75, 3.05) is 23.3 Å². The fraction of sp³-hybridized carbons (Fsp3) is 0.240. The maximum atomic E-state index is 13.6. The molecule has 0 aliphatic heterocycles. The van der Waals surface area contributed by atoms with Gasteiger partial charge in [-0.15, -0.1) is 0 Å². The molecule has 0 spiro atoms. The zero-order valence-corrected chi connectivity index (χ0v) is 19.8. The van der Waals surface area contributed by atoms with Gasteiger partial charge in [0.1, 0.15) is 12.3 Å². The number of carbonyl (C=O) groups excluding carboxylic acids is 1. The number of carbonyl (C=O) groups is 1. The second kappa shape index (κ2) is 9.44. The molecule has 1 N–H and O–H groups in total. The molecule has 1 amide bonds. The highest BCUT2D eigenvalue weighted by Crippen LogP contribution is 2.29. The largest absolute Gasteiger partial charge is 0.495 e. The van der Waals surface area contributed by atoms with Crippen LogP contribution in [0, 0.1) is 27.7 Å². The molecule has 7 heteroatoms. The Morgan fingerprint density at radius 2 is 1.47 bits per heavy atom. The van der Waals surface area contributed by atoms with Crippen molar-refractivity contribution < 1.29 is 17.9 Å². The van der Waals surface area contributed by atoms with E-state index in [1.807, 2.05) is 45.9 Å². The SMILES string of the molecule is COc1ccc(C)cc1NC(=O)CN(c1ccc(C)cc1C)S(=O)(=O)c1ccc(C)cc1. The molecule has 0 unspecified atom stereocenters. The number of hydrogen-bond donors (Lipinski definition) is 1. The minimum absolute atomic E-state index is 0.129. The maximum Gasteiger partial charge on any atom is 0.264 e. The smallest absolute Gasteiger partial charge is 0.264 e. The van der Waals surface area contributed by atoms with Gasteiger partial charge in [0.25, 0.3) is 10.0 Å². The molecule has 0 saturated heterocycles. The Kier molecular flexibility index (Phi) is 6.89. The zero-order chi connectivity index (χ0) is 23.5. The molecule has 0 aliphatic carbocycles. The van der Waals surface area contributed by atoms with Gasteiger partial charge in [0.15, 0.2) is 0 Å². The highest BCUT2D eigenvalue weighted by molar-refractivity contribution is 7.92. The van der Waals surface area contributed by atoms with Crippen LogP contribution in [-0.2, 0) is 14.8 Å². The molecule has 0 atom stereocenters. The number of aryl methyl sites for hydroxylation is 4. The van der Waals surface area contributed by atoms with Crippen molar-refractivity contribution in [2.45, 2.75) is 32.6 Å². The minimum atomic E-state index is -3.98. The van der Waals surface area contributed by atoms with Crippen LogP contribution in [0.1, 0.15) is 22.3 Å². The van der Waals surface area contributed by atoms with E-state index in [-0.39, 0.29) is 11.4 Å². The van der Waals surface area contributed by atoms with Crippen LogP contribution in [0.5, 0.6) is 5.75 Å². The fourth-order valence-electron chi connectivity index (χ4n) is 3.46. The Balaban J connectivity index is 2.00. The molecule has 3 aromatic carbocycles. The average molecular weight is 453 g/mol. The van der Waals surface area contributed by atoms with Gasteiger partial charge in [0, 0.05) is 0 Å². The average Bonchev–Trinajstić information content (AvgIpc) is 2.73. The summed E-state index contributed by atoms with van der Waals surface area (Å²) in [5.41, 5.74) is 4.62. The number of anilines is 2. The van der Waals surface area contributed by atoms with Crippen LogP contribution in [0.25, 0.3) is 0 Å². The maximum absolute atomic E-state index is 13.6. The predicted octanol–water partition coefficient (Wildman–Crippen LogP) is 4.76. The monoisotopic (exact) mass is 452 g/mol. The van der Waals surface area contributed by atoms with E-state index in [2.05, 4.69) is 5.32 Å². The lowest BCUT2D eigenvalue weighted by molar-refractivity contribution is -0.114. The van der Waals surface area contributed by atoms with E-state index in [4.69, 9.17) is 4.74 Å². The molecule has 0 aromatic heterocycles. The summed E-state index contributed by atoms with van der Waals surface area (Å²) in [5.74, 6) is 0.0352. The molecule has 0 radical (unpaired) electrons. The van der Waals surface area contributed by atoms with Crippen molar-refractivity contribution in [3.8, 4) is 5.75 Å². The third kappa shape index (κ3) is 5.11. The molecule has 0 bridgehead atoms.